The van der Waals surface area contributed by atoms with Crippen molar-refractivity contribution < 1.29 is 28.5 Å². The SMILES string of the molecule is CCOC(=O)c1ccc(/C=C/C2(O)CCC3(CC2)OCCO3)o1. The van der Waals surface area contributed by atoms with Crippen molar-refractivity contribution in [3.63, 3.8) is 0 Å². The lowest BCUT2D eigenvalue weighted by molar-refractivity contribution is -0.196. The summed E-state index contributed by atoms with van der Waals surface area (Å²) >= 11 is 0. The molecule has 23 heavy (non-hydrogen) atoms. The molecule has 0 aromatic carbocycles. The molecule has 1 aromatic rings. The Bertz CT molecular complexity index is 572. The summed E-state index contributed by atoms with van der Waals surface area (Å²) in [5, 5.41) is 10.6. The molecule has 0 radical (unpaired) electrons. The third kappa shape index (κ3) is 3.65. The number of furan rings is 1. The maximum absolute atomic E-state index is 11.6. The molecule has 1 saturated carbocycles. The molecular formula is C17H22O6. The van der Waals surface area contributed by atoms with Crippen molar-refractivity contribution in [3.8, 4) is 0 Å². The Labute approximate surface area is 135 Å². The van der Waals surface area contributed by atoms with Crippen LogP contribution in [0.3, 0.4) is 0 Å². The van der Waals surface area contributed by atoms with E-state index in [4.69, 9.17) is 18.6 Å². The Morgan fingerprint density at radius 3 is 2.61 bits per heavy atom. The van der Waals surface area contributed by atoms with Crippen molar-refractivity contribution in [2.45, 2.75) is 44.0 Å². The maximum atomic E-state index is 11.6. The first kappa shape index (κ1) is 16.2. The van der Waals surface area contributed by atoms with Crippen molar-refractivity contribution in [3.05, 3.63) is 29.7 Å². The van der Waals surface area contributed by atoms with E-state index in [1.807, 2.05) is 0 Å². The lowest BCUT2D eigenvalue weighted by atomic mass is 9.81. The third-order valence-electron chi connectivity index (χ3n) is 4.35. The lowest BCUT2D eigenvalue weighted by Crippen LogP contribution is -2.42. The van der Waals surface area contributed by atoms with E-state index in [9.17, 15) is 9.90 Å². The van der Waals surface area contributed by atoms with Crippen LogP contribution in [0.15, 0.2) is 22.6 Å². The van der Waals surface area contributed by atoms with E-state index >= 15 is 0 Å². The molecule has 0 atom stereocenters. The summed E-state index contributed by atoms with van der Waals surface area (Å²) in [7, 11) is 0. The second-order valence-electron chi connectivity index (χ2n) is 5.97. The molecule has 1 saturated heterocycles. The third-order valence-corrected chi connectivity index (χ3v) is 4.35. The maximum Gasteiger partial charge on any atom is 0.374 e. The van der Waals surface area contributed by atoms with Gasteiger partial charge in [-0.25, -0.2) is 4.79 Å². The number of rotatable bonds is 4. The molecule has 3 rings (SSSR count). The van der Waals surface area contributed by atoms with E-state index in [1.165, 1.54) is 0 Å². The summed E-state index contributed by atoms with van der Waals surface area (Å²) in [5.41, 5.74) is -0.905. The van der Waals surface area contributed by atoms with Crippen LogP contribution in [0.1, 0.15) is 48.9 Å². The molecule has 0 amide bonds. The van der Waals surface area contributed by atoms with Gasteiger partial charge in [-0.05, 0) is 44.1 Å². The van der Waals surface area contributed by atoms with Crippen LogP contribution in [0.4, 0.5) is 0 Å². The quantitative estimate of drug-likeness (QED) is 0.858. The zero-order chi connectivity index (χ0) is 16.3. The molecule has 1 aliphatic heterocycles. The van der Waals surface area contributed by atoms with Gasteiger partial charge in [0.05, 0.1) is 25.4 Å². The molecule has 1 aromatic heterocycles. The second kappa shape index (κ2) is 6.47. The van der Waals surface area contributed by atoms with Gasteiger partial charge in [0.15, 0.2) is 5.79 Å². The number of esters is 1. The predicted octanol–water partition coefficient (Wildman–Crippen LogP) is 2.52. The van der Waals surface area contributed by atoms with Gasteiger partial charge >= 0.3 is 5.97 Å². The van der Waals surface area contributed by atoms with Crippen molar-refractivity contribution in [1.29, 1.82) is 0 Å². The minimum atomic E-state index is -0.905. The van der Waals surface area contributed by atoms with E-state index in [-0.39, 0.29) is 5.76 Å². The highest BCUT2D eigenvalue weighted by molar-refractivity contribution is 5.86. The summed E-state index contributed by atoms with van der Waals surface area (Å²) in [6, 6.07) is 3.25. The minimum Gasteiger partial charge on any atom is -0.460 e. The first-order valence-electron chi connectivity index (χ1n) is 8.01. The summed E-state index contributed by atoms with van der Waals surface area (Å²) in [6.45, 7) is 3.29. The van der Waals surface area contributed by atoms with Crippen LogP contribution in [-0.4, -0.2) is 42.3 Å². The monoisotopic (exact) mass is 322 g/mol. The molecular weight excluding hydrogens is 300 g/mol. The molecule has 6 heteroatoms. The normalized spacial score (nSPS) is 22.7. The van der Waals surface area contributed by atoms with Gasteiger partial charge in [0.1, 0.15) is 5.76 Å². The van der Waals surface area contributed by atoms with E-state index in [2.05, 4.69) is 0 Å². The minimum absolute atomic E-state index is 0.161. The summed E-state index contributed by atoms with van der Waals surface area (Å²) in [6.07, 6.45) is 5.88. The van der Waals surface area contributed by atoms with Gasteiger partial charge in [0, 0.05) is 12.8 Å². The van der Waals surface area contributed by atoms with Crippen LogP contribution in [0, 0.1) is 0 Å². The number of ether oxygens (including phenoxy) is 3. The number of carbonyl (C=O) groups is 1. The summed E-state index contributed by atoms with van der Waals surface area (Å²) in [4.78, 5) is 11.6. The van der Waals surface area contributed by atoms with Gasteiger partial charge in [0.25, 0.3) is 0 Å². The molecule has 1 N–H and O–H groups in total. The first-order valence-corrected chi connectivity index (χ1v) is 8.01. The van der Waals surface area contributed by atoms with Crippen LogP contribution in [0.25, 0.3) is 6.08 Å². The van der Waals surface area contributed by atoms with E-state index in [1.54, 1.807) is 31.2 Å². The van der Waals surface area contributed by atoms with Gasteiger partial charge in [-0.1, -0.05) is 0 Å². The fraction of sp³-hybridized carbons (Fsp3) is 0.588. The second-order valence-corrected chi connectivity index (χ2v) is 5.97. The van der Waals surface area contributed by atoms with Crippen LogP contribution in [0.5, 0.6) is 0 Å². The lowest BCUT2D eigenvalue weighted by Gasteiger charge is -2.39. The number of carbonyl (C=O) groups excluding carboxylic acids is 1. The molecule has 6 nitrogen and oxygen atoms in total. The Morgan fingerprint density at radius 1 is 1.26 bits per heavy atom. The van der Waals surface area contributed by atoms with Crippen molar-refractivity contribution >= 4 is 12.0 Å². The fourth-order valence-corrected chi connectivity index (χ4v) is 3.01. The topological polar surface area (TPSA) is 78.1 Å². The highest BCUT2D eigenvalue weighted by Crippen LogP contribution is 2.41. The fourth-order valence-electron chi connectivity index (χ4n) is 3.01. The number of hydrogen-bond donors (Lipinski definition) is 1. The van der Waals surface area contributed by atoms with Crippen molar-refractivity contribution in [2.75, 3.05) is 19.8 Å². The Morgan fingerprint density at radius 2 is 1.96 bits per heavy atom. The number of aliphatic hydroxyl groups is 1. The zero-order valence-corrected chi connectivity index (χ0v) is 13.2. The van der Waals surface area contributed by atoms with E-state index in [0.717, 1.165) is 0 Å². The van der Waals surface area contributed by atoms with Crippen LogP contribution >= 0.6 is 0 Å². The van der Waals surface area contributed by atoms with Gasteiger partial charge in [0.2, 0.25) is 5.76 Å². The average molecular weight is 322 g/mol. The first-order chi connectivity index (χ1) is 11.0. The molecule has 1 aliphatic carbocycles. The highest BCUT2D eigenvalue weighted by Gasteiger charge is 2.44. The number of hydrogen-bond acceptors (Lipinski definition) is 6. The standard InChI is InChI=1S/C17H22O6/c1-2-20-15(18)14-4-3-13(23-14)5-6-16(19)7-9-17(10-8-16)21-11-12-22-17/h3-6,19H,2,7-12H2,1H3/b6-5+. The smallest absolute Gasteiger partial charge is 0.374 e. The summed E-state index contributed by atoms with van der Waals surface area (Å²) < 4.78 is 21.6. The molecule has 2 fully saturated rings. The van der Waals surface area contributed by atoms with Crippen molar-refractivity contribution in [2.24, 2.45) is 0 Å². The molecule has 1 spiro atoms. The van der Waals surface area contributed by atoms with Crippen LogP contribution < -0.4 is 0 Å². The van der Waals surface area contributed by atoms with Gasteiger partial charge < -0.3 is 23.7 Å². The molecule has 2 aliphatic rings. The zero-order valence-electron chi connectivity index (χ0n) is 13.2. The van der Waals surface area contributed by atoms with Gasteiger partial charge in [-0.15, -0.1) is 0 Å². The van der Waals surface area contributed by atoms with E-state index < -0.39 is 17.4 Å². The van der Waals surface area contributed by atoms with E-state index in [0.29, 0.717) is 51.3 Å². The van der Waals surface area contributed by atoms with Crippen molar-refractivity contribution in [1.82, 2.24) is 0 Å². The molecule has 126 valence electrons. The molecule has 0 unspecified atom stereocenters. The average Bonchev–Trinajstić information content (AvgIpc) is 3.20. The Hall–Kier alpha value is -1.63. The van der Waals surface area contributed by atoms with Gasteiger partial charge in [-0.3, -0.25) is 0 Å². The molecule has 2 heterocycles. The Balaban J connectivity index is 1.60. The predicted molar refractivity (Wildman–Crippen MR) is 81.8 cm³/mol. The van der Waals surface area contributed by atoms with Gasteiger partial charge in [-0.2, -0.15) is 0 Å². The summed E-state index contributed by atoms with van der Waals surface area (Å²) in [5.74, 6) is -0.313. The molecule has 0 bridgehead atoms. The Kier molecular flexibility index (Phi) is 4.57. The van der Waals surface area contributed by atoms with Crippen LogP contribution in [-0.2, 0) is 14.2 Å². The largest absolute Gasteiger partial charge is 0.460 e. The van der Waals surface area contributed by atoms with Crippen LogP contribution in [0.2, 0.25) is 0 Å². The highest BCUT2D eigenvalue weighted by atomic mass is 16.7.